The third kappa shape index (κ3) is 5.53. The molecular weight excluding hydrogens is 562 g/mol. The molecule has 5 heteroatoms. The van der Waals surface area contributed by atoms with Crippen molar-refractivity contribution in [1.29, 1.82) is 0 Å². The monoisotopic (exact) mass is 589 g/mol. The van der Waals surface area contributed by atoms with Crippen molar-refractivity contribution in [1.82, 2.24) is 24.9 Å². The molecule has 8 rings (SSSR count). The standard InChI is InChI=1S/C41H27N5/c1-4-12-28(13-5-1)34-23-39(44-40(24-34)38-22-31-18-10-11-19-32(31)26-43-38)35-21-20-33(27-42-35)37-25-36(29-14-6-2-7-15-29)45-41(46-37)30-16-8-3-9-17-30/h1-27H. The van der Waals surface area contributed by atoms with Crippen molar-refractivity contribution in [3.8, 4) is 67.8 Å². The van der Waals surface area contributed by atoms with Gasteiger partial charge in [0, 0.05) is 34.5 Å². The minimum Gasteiger partial charge on any atom is -0.254 e. The third-order valence-corrected chi connectivity index (χ3v) is 7.98. The molecule has 216 valence electrons. The molecule has 46 heavy (non-hydrogen) atoms. The van der Waals surface area contributed by atoms with Gasteiger partial charge < -0.3 is 0 Å². The Labute approximate surface area is 267 Å². The zero-order valence-electron chi connectivity index (χ0n) is 24.8. The average Bonchev–Trinajstić information content (AvgIpc) is 3.15. The Hall–Kier alpha value is -6.33. The maximum Gasteiger partial charge on any atom is 0.160 e. The Balaban J connectivity index is 1.22. The number of rotatable bonds is 6. The molecule has 4 aromatic carbocycles. The number of hydrogen-bond acceptors (Lipinski definition) is 5. The summed E-state index contributed by atoms with van der Waals surface area (Å²) in [5, 5.41) is 2.22. The molecule has 0 atom stereocenters. The first-order valence-electron chi connectivity index (χ1n) is 15.2. The second kappa shape index (κ2) is 12.0. The van der Waals surface area contributed by atoms with Crippen LogP contribution in [-0.4, -0.2) is 24.9 Å². The number of fused-ring (bicyclic) bond motifs is 1. The fraction of sp³-hybridized carbons (Fsp3) is 0. The maximum atomic E-state index is 5.07. The summed E-state index contributed by atoms with van der Waals surface area (Å²) in [7, 11) is 0. The fourth-order valence-electron chi connectivity index (χ4n) is 5.58. The minimum absolute atomic E-state index is 0.672. The first kappa shape index (κ1) is 27.2. The Bertz CT molecular complexity index is 2230. The molecule has 0 N–H and O–H groups in total. The molecule has 4 aromatic heterocycles. The van der Waals surface area contributed by atoms with Gasteiger partial charge >= 0.3 is 0 Å². The smallest absolute Gasteiger partial charge is 0.160 e. The SMILES string of the molecule is c1ccc(-c2cc(-c3ccc(-c4cc(-c5ccccc5)nc(-c5ccccc5)n4)cn3)nc(-c3cc4ccccc4cn3)c2)cc1. The molecule has 0 bridgehead atoms. The molecule has 5 nitrogen and oxygen atoms in total. The highest BCUT2D eigenvalue weighted by atomic mass is 14.9. The van der Waals surface area contributed by atoms with Crippen molar-refractivity contribution in [2.24, 2.45) is 0 Å². The van der Waals surface area contributed by atoms with Crippen molar-refractivity contribution in [3.63, 3.8) is 0 Å². The first-order valence-corrected chi connectivity index (χ1v) is 15.2. The minimum atomic E-state index is 0.672. The van der Waals surface area contributed by atoms with Crippen LogP contribution in [0.4, 0.5) is 0 Å². The molecule has 4 heterocycles. The van der Waals surface area contributed by atoms with E-state index in [1.807, 2.05) is 103 Å². The van der Waals surface area contributed by atoms with E-state index >= 15 is 0 Å². The van der Waals surface area contributed by atoms with Crippen molar-refractivity contribution >= 4 is 10.8 Å². The molecule has 0 aliphatic carbocycles. The van der Waals surface area contributed by atoms with Gasteiger partial charge in [-0.05, 0) is 52.9 Å². The highest BCUT2D eigenvalue weighted by Crippen LogP contribution is 2.32. The summed E-state index contributed by atoms with van der Waals surface area (Å²) in [5.74, 6) is 0.672. The molecule has 8 aromatic rings. The first-order chi connectivity index (χ1) is 22.8. The second-order valence-electron chi connectivity index (χ2n) is 11.0. The van der Waals surface area contributed by atoms with Crippen LogP contribution in [0.1, 0.15) is 0 Å². The van der Waals surface area contributed by atoms with E-state index < -0.39 is 0 Å². The lowest BCUT2D eigenvalue weighted by Gasteiger charge is -2.11. The number of nitrogens with zero attached hydrogens (tertiary/aromatic N) is 5. The average molecular weight is 590 g/mol. The molecule has 0 aliphatic heterocycles. The van der Waals surface area contributed by atoms with E-state index in [0.717, 1.165) is 72.8 Å². The van der Waals surface area contributed by atoms with Crippen LogP contribution in [0.5, 0.6) is 0 Å². The zero-order valence-corrected chi connectivity index (χ0v) is 24.8. The molecular formula is C41H27N5. The van der Waals surface area contributed by atoms with Crippen LogP contribution in [0.2, 0.25) is 0 Å². The van der Waals surface area contributed by atoms with Crippen LogP contribution in [0.15, 0.2) is 164 Å². The van der Waals surface area contributed by atoms with E-state index in [1.54, 1.807) is 0 Å². The van der Waals surface area contributed by atoms with Crippen LogP contribution in [0.3, 0.4) is 0 Å². The lowest BCUT2D eigenvalue weighted by Crippen LogP contribution is -1.97. The Morgan fingerprint density at radius 3 is 1.52 bits per heavy atom. The topological polar surface area (TPSA) is 64.5 Å². The maximum absolute atomic E-state index is 5.07. The van der Waals surface area contributed by atoms with Gasteiger partial charge in [-0.25, -0.2) is 15.0 Å². The van der Waals surface area contributed by atoms with Gasteiger partial charge in [-0.15, -0.1) is 0 Å². The zero-order chi connectivity index (χ0) is 30.7. The number of aromatic nitrogens is 5. The molecule has 0 radical (unpaired) electrons. The third-order valence-electron chi connectivity index (χ3n) is 7.98. The van der Waals surface area contributed by atoms with Crippen LogP contribution in [0, 0.1) is 0 Å². The van der Waals surface area contributed by atoms with Gasteiger partial charge in [-0.3, -0.25) is 9.97 Å². The Morgan fingerprint density at radius 2 is 0.848 bits per heavy atom. The van der Waals surface area contributed by atoms with Crippen LogP contribution >= 0.6 is 0 Å². The summed E-state index contributed by atoms with van der Waals surface area (Å²) in [6, 6.07) is 51.2. The van der Waals surface area contributed by atoms with E-state index in [4.69, 9.17) is 24.9 Å². The highest BCUT2D eigenvalue weighted by molar-refractivity contribution is 5.85. The second-order valence-corrected chi connectivity index (χ2v) is 11.0. The molecule has 0 aliphatic rings. The van der Waals surface area contributed by atoms with E-state index in [2.05, 4.69) is 60.7 Å². The number of pyridine rings is 3. The van der Waals surface area contributed by atoms with E-state index in [-0.39, 0.29) is 0 Å². The van der Waals surface area contributed by atoms with Crippen molar-refractivity contribution in [2.45, 2.75) is 0 Å². The van der Waals surface area contributed by atoms with Gasteiger partial charge in [0.2, 0.25) is 0 Å². The molecule has 0 spiro atoms. The molecule has 0 saturated heterocycles. The van der Waals surface area contributed by atoms with E-state index in [9.17, 15) is 0 Å². The predicted octanol–water partition coefficient (Wildman–Crippen LogP) is 9.82. The highest BCUT2D eigenvalue weighted by Gasteiger charge is 2.14. The van der Waals surface area contributed by atoms with Gasteiger partial charge in [0.1, 0.15) is 0 Å². The van der Waals surface area contributed by atoms with E-state index in [1.165, 1.54) is 0 Å². The predicted molar refractivity (Wildman–Crippen MR) is 186 cm³/mol. The summed E-state index contributed by atoms with van der Waals surface area (Å²) >= 11 is 0. The summed E-state index contributed by atoms with van der Waals surface area (Å²) in [4.78, 5) is 24.6. The number of hydrogen-bond donors (Lipinski definition) is 0. The summed E-state index contributed by atoms with van der Waals surface area (Å²) in [6.45, 7) is 0. The Kier molecular flexibility index (Phi) is 7.09. The lowest BCUT2D eigenvalue weighted by molar-refractivity contribution is 1.17. The Morgan fingerprint density at radius 1 is 0.283 bits per heavy atom. The van der Waals surface area contributed by atoms with Gasteiger partial charge in [-0.2, -0.15) is 0 Å². The van der Waals surface area contributed by atoms with Crippen LogP contribution < -0.4 is 0 Å². The van der Waals surface area contributed by atoms with Gasteiger partial charge in [0.25, 0.3) is 0 Å². The molecule has 0 amide bonds. The van der Waals surface area contributed by atoms with Crippen LogP contribution in [0.25, 0.3) is 78.6 Å². The summed E-state index contributed by atoms with van der Waals surface area (Å²) < 4.78 is 0. The van der Waals surface area contributed by atoms with Crippen molar-refractivity contribution in [3.05, 3.63) is 164 Å². The molecule has 0 unspecified atom stereocenters. The molecule has 0 saturated carbocycles. The van der Waals surface area contributed by atoms with E-state index in [0.29, 0.717) is 5.82 Å². The molecule has 0 fully saturated rings. The van der Waals surface area contributed by atoms with Crippen LogP contribution in [-0.2, 0) is 0 Å². The lowest BCUT2D eigenvalue weighted by atomic mass is 10.0. The number of benzene rings is 4. The van der Waals surface area contributed by atoms with Gasteiger partial charge in [0.15, 0.2) is 5.82 Å². The normalized spacial score (nSPS) is 11.0. The quantitative estimate of drug-likeness (QED) is 0.193. The van der Waals surface area contributed by atoms with Crippen molar-refractivity contribution < 1.29 is 0 Å². The largest absolute Gasteiger partial charge is 0.254 e. The summed E-state index contributed by atoms with van der Waals surface area (Å²) in [6.07, 6.45) is 3.77. The fourth-order valence-corrected chi connectivity index (χ4v) is 5.58. The van der Waals surface area contributed by atoms with Gasteiger partial charge in [0.05, 0.1) is 34.2 Å². The summed E-state index contributed by atoms with van der Waals surface area (Å²) in [5.41, 5.74) is 9.87. The van der Waals surface area contributed by atoms with Gasteiger partial charge in [-0.1, -0.05) is 115 Å². The van der Waals surface area contributed by atoms with Crippen molar-refractivity contribution in [2.75, 3.05) is 0 Å².